The predicted octanol–water partition coefficient (Wildman–Crippen LogP) is 5.45. The van der Waals surface area contributed by atoms with Crippen LogP contribution in [0, 0.1) is 0 Å². The normalized spacial score (nSPS) is 12.1. The number of rotatable bonds is 7. The molecule has 0 radical (unpaired) electrons. The Hall–Kier alpha value is -3.60. The van der Waals surface area contributed by atoms with Crippen LogP contribution in [0.5, 0.6) is 0 Å². The lowest BCUT2D eigenvalue weighted by molar-refractivity contribution is -0.137. The Morgan fingerprint density at radius 3 is 2.13 bits per heavy atom. The molecule has 0 spiro atoms. The Balaban J connectivity index is 1.42. The maximum absolute atomic E-state index is 12.5. The quantitative estimate of drug-likeness (QED) is 0.552. The molecular formula is C25H23NO4. The first kappa shape index (κ1) is 19.7. The molecule has 0 fully saturated rings. The van der Waals surface area contributed by atoms with Crippen molar-refractivity contribution in [3.05, 3.63) is 89.5 Å². The number of anilines is 1. The lowest BCUT2D eigenvalue weighted by Crippen LogP contribution is -2.18. The smallest absolute Gasteiger partial charge is 0.411 e. The van der Waals surface area contributed by atoms with E-state index < -0.39 is 12.1 Å². The third kappa shape index (κ3) is 4.20. The SMILES string of the molecule is O=C(O)CCCc1ccccc1NC(=O)OCC1c2ccccc2-c2ccccc21. The minimum atomic E-state index is -0.822. The Kier molecular flexibility index (Phi) is 5.80. The zero-order valence-electron chi connectivity index (χ0n) is 16.5. The van der Waals surface area contributed by atoms with Crippen LogP contribution in [0.2, 0.25) is 0 Å². The molecule has 5 nitrogen and oxygen atoms in total. The van der Waals surface area contributed by atoms with Crippen molar-refractivity contribution in [2.45, 2.75) is 25.2 Å². The van der Waals surface area contributed by atoms with Crippen LogP contribution >= 0.6 is 0 Å². The molecule has 1 amide bonds. The molecule has 0 atom stereocenters. The van der Waals surface area contributed by atoms with Crippen molar-refractivity contribution in [1.29, 1.82) is 0 Å². The summed E-state index contributed by atoms with van der Waals surface area (Å²) in [6.07, 6.45) is 0.673. The summed E-state index contributed by atoms with van der Waals surface area (Å²) >= 11 is 0. The fourth-order valence-corrected chi connectivity index (χ4v) is 4.03. The summed E-state index contributed by atoms with van der Waals surface area (Å²) < 4.78 is 5.60. The number of carbonyl (C=O) groups excluding carboxylic acids is 1. The van der Waals surface area contributed by atoms with E-state index in [9.17, 15) is 9.59 Å². The number of hydrogen-bond donors (Lipinski definition) is 2. The summed E-state index contributed by atoms with van der Waals surface area (Å²) in [5, 5.41) is 11.6. The van der Waals surface area contributed by atoms with Crippen LogP contribution in [-0.4, -0.2) is 23.8 Å². The van der Waals surface area contributed by atoms with Gasteiger partial charge in [-0.15, -0.1) is 0 Å². The number of carboxylic acids is 1. The van der Waals surface area contributed by atoms with E-state index in [0.29, 0.717) is 18.5 Å². The van der Waals surface area contributed by atoms with E-state index in [2.05, 4.69) is 29.6 Å². The van der Waals surface area contributed by atoms with Gasteiger partial charge in [-0.1, -0.05) is 66.7 Å². The maximum atomic E-state index is 12.5. The number of benzene rings is 3. The van der Waals surface area contributed by atoms with Crippen molar-refractivity contribution in [1.82, 2.24) is 0 Å². The molecule has 152 valence electrons. The lowest BCUT2D eigenvalue weighted by Gasteiger charge is -2.15. The van der Waals surface area contributed by atoms with E-state index in [4.69, 9.17) is 9.84 Å². The molecule has 0 unspecified atom stereocenters. The molecule has 1 aliphatic carbocycles. The van der Waals surface area contributed by atoms with Crippen molar-refractivity contribution in [2.24, 2.45) is 0 Å². The fourth-order valence-electron chi connectivity index (χ4n) is 4.03. The van der Waals surface area contributed by atoms with Gasteiger partial charge in [0.2, 0.25) is 0 Å². The molecule has 0 aliphatic heterocycles. The average Bonchev–Trinajstić information content (AvgIpc) is 3.07. The molecule has 0 aromatic heterocycles. The van der Waals surface area contributed by atoms with Gasteiger partial charge in [0.25, 0.3) is 0 Å². The maximum Gasteiger partial charge on any atom is 0.411 e. The third-order valence-electron chi connectivity index (χ3n) is 5.43. The van der Waals surface area contributed by atoms with E-state index in [0.717, 1.165) is 5.56 Å². The minimum Gasteiger partial charge on any atom is -0.481 e. The standard InChI is InChI=1S/C25H23NO4/c27-24(28)15-7-9-17-8-1-6-14-23(17)26-25(29)30-16-22-20-12-4-2-10-18(20)19-11-3-5-13-21(19)22/h1-6,8,10-14,22H,7,9,15-16H2,(H,26,29)(H,27,28). The number of aliphatic carboxylic acids is 1. The molecule has 2 N–H and O–H groups in total. The van der Waals surface area contributed by atoms with E-state index >= 15 is 0 Å². The van der Waals surface area contributed by atoms with E-state index in [1.165, 1.54) is 22.3 Å². The molecule has 0 saturated carbocycles. The molecule has 1 aliphatic rings. The summed E-state index contributed by atoms with van der Waals surface area (Å²) in [5.74, 6) is -0.814. The Morgan fingerprint density at radius 1 is 0.867 bits per heavy atom. The Labute approximate surface area is 175 Å². The molecule has 0 heterocycles. The molecule has 0 bridgehead atoms. The number of carbonyl (C=O) groups is 2. The molecule has 30 heavy (non-hydrogen) atoms. The fraction of sp³-hybridized carbons (Fsp3) is 0.200. The van der Waals surface area contributed by atoms with Crippen molar-refractivity contribution in [2.75, 3.05) is 11.9 Å². The monoisotopic (exact) mass is 401 g/mol. The summed E-state index contributed by atoms with van der Waals surface area (Å²) in [5.41, 5.74) is 6.25. The van der Waals surface area contributed by atoms with Gasteiger partial charge in [-0.2, -0.15) is 0 Å². The topological polar surface area (TPSA) is 75.6 Å². The number of hydrogen-bond acceptors (Lipinski definition) is 3. The van der Waals surface area contributed by atoms with Gasteiger partial charge in [-0.05, 0) is 46.7 Å². The highest BCUT2D eigenvalue weighted by molar-refractivity contribution is 5.86. The van der Waals surface area contributed by atoms with Gasteiger partial charge in [0.15, 0.2) is 0 Å². The molecule has 4 rings (SSSR count). The van der Waals surface area contributed by atoms with Gasteiger partial charge < -0.3 is 9.84 Å². The summed E-state index contributed by atoms with van der Waals surface area (Å²) in [6.45, 7) is 0.251. The van der Waals surface area contributed by atoms with Crippen LogP contribution in [0.1, 0.15) is 35.4 Å². The number of para-hydroxylation sites is 1. The van der Waals surface area contributed by atoms with Gasteiger partial charge >= 0.3 is 12.1 Å². The van der Waals surface area contributed by atoms with Crippen LogP contribution in [-0.2, 0) is 16.0 Å². The zero-order chi connectivity index (χ0) is 20.9. The first-order chi connectivity index (χ1) is 14.6. The Morgan fingerprint density at radius 2 is 1.47 bits per heavy atom. The zero-order valence-corrected chi connectivity index (χ0v) is 16.5. The third-order valence-corrected chi connectivity index (χ3v) is 5.43. The summed E-state index contributed by atoms with van der Waals surface area (Å²) in [6, 6.07) is 23.8. The molecule has 0 saturated heterocycles. The van der Waals surface area contributed by atoms with Gasteiger partial charge in [0.05, 0.1) is 0 Å². The second-order valence-corrected chi connectivity index (χ2v) is 7.35. The molecule has 3 aromatic rings. The predicted molar refractivity (Wildman–Crippen MR) is 116 cm³/mol. The van der Waals surface area contributed by atoms with E-state index in [1.807, 2.05) is 42.5 Å². The van der Waals surface area contributed by atoms with E-state index in [1.54, 1.807) is 6.07 Å². The molecule has 3 aromatic carbocycles. The van der Waals surface area contributed by atoms with Gasteiger partial charge in [0, 0.05) is 18.0 Å². The van der Waals surface area contributed by atoms with Crippen LogP contribution in [0.15, 0.2) is 72.8 Å². The first-order valence-electron chi connectivity index (χ1n) is 10.0. The number of nitrogens with one attached hydrogen (secondary N) is 1. The van der Waals surface area contributed by atoms with Crippen LogP contribution in [0.25, 0.3) is 11.1 Å². The highest BCUT2D eigenvalue weighted by atomic mass is 16.5. The number of amides is 1. The molecule has 5 heteroatoms. The highest BCUT2D eigenvalue weighted by Gasteiger charge is 2.29. The van der Waals surface area contributed by atoms with Gasteiger partial charge in [-0.25, -0.2) is 4.79 Å². The van der Waals surface area contributed by atoms with Crippen LogP contribution < -0.4 is 5.32 Å². The number of aryl methyl sites for hydroxylation is 1. The summed E-state index contributed by atoms with van der Waals surface area (Å²) in [4.78, 5) is 23.2. The van der Waals surface area contributed by atoms with Gasteiger partial charge in [-0.3, -0.25) is 10.1 Å². The van der Waals surface area contributed by atoms with Gasteiger partial charge in [0.1, 0.15) is 6.61 Å². The lowest BCUT2D eigenvalue weighted by atomic mass is 9.98. The van der Waals surface area contributed by atoms with Crippen molar-refractivity contribution < 1.29 is 19.4 Å². The highest BCUT2D eigenvalue weighted by Crippen LogP contribution is 2.44. The number of carboxylic acid groups (broad SMARTS) is 1. The van der Waals surface area contributed by atoms with Crippen molar-refractivity contribution in [3.63, 3.8) is 0 Å². The largest absolute Gasteiger partial charge is 0.481 e. The van der Waals surface area contributed by atoms with E-state index in [-0.39, 0.29) is 18.9 Å². The van der Waals surface area contributed by atoms with Crippen LogP contribution in [0.4, 0.5) is 10.5 Å². The number of ether oxygens (including phenoxy) is 1. The number of fused-ring (bicyclic) bond motifs is 3. The second-order valence-electron chi connectivity index (χ2n) is 7.35. The first-order valence-corrected chi connectivity index (χ1v) is 10.0. The summed E-state index contributed by atoms with van der Waals surface area (Å²) in [7, 11) is 0. The Bertz CT molecular complexity index is 1030. The van der Waals surface area contributed by atoms with Crippen LogP contribution in [0.3, 0.4) is 0 Å². The van der Waals surface area contributed by atoms with Crippen molar-refractivity contribution >= 4 is 17.7 Å². The van der Waals surface area contributed by atoms with Crippen molar-refractivity contribution in [3.8, 4) is 11.1 Å². The second kappa shape index (κ2) is 8.82. The molecular weight excluding hydrogens is 378 g/mol. The average molecular weight is 401 g/mol. The minimum absolute atomic E-state index is 0.00830.